The molecule has 5 nitrogen and oxygen atoms in total. The number of hydrogen-bond acceptors (Lipinski definition) is 3. The SMILES string of the molecule is CCCN(CC(=O)O)CC(=O)N(CC)c1cccc2ccccc12. The van der Waals surface area contributed by atoms with Crippen LogP contribution in [0.5, 0.6) is 0 Å². The Morgan fingerprint density at radius 3 is 2.38 bits per heavy atom. The summed E-state index contributed by atoms with van der Waals surface area (Å²) in [7, 11) is 0. The summed E-state index contributed by atoms with van der Waals surface area (Å²) in [6, 6.07) is 13.8. The third-order valence-electron chi connectivity index (χ3n) is 3.93. The third-order valence-corrected chi connectivity index (χ3v) is 3.93. The Morgan fingerprint density at radius 1 is 1.00 bits per heavy atom. The highest BCUT2D eigenvalue weighted by molar-refractivity contribution is 6.04. The maximum atomic E-state index is 12.8. The normalized spacial score (nSPS) is 11.0. The van der Waals surface area contributed by atoms with Crippen molar-refractivity contribution < 1.29 is 14.7 Å². The average Bonchev–Trinajstić information content (AvgIpc) is 2.55. The molecule has 1 amide bonds. The first kappa shape index (κ1) is 17.9. The van der Waals surface area contributed by atoms with E-state index >= 15 is 0 Å². The first-order chi connectivity index (χ1) is 11.6. The van der Waals surface area contributed by atoms with Crippen molar-refractivity contribution in [1.82, 2.24) is 4.90 Å². The first-order valence-corrected chi connectivity index (χ1v) is 8.29. The zero-order chi connectivity index (χ0) is 17.5. The molecule has 0 aliphatic heterocycles. The molecule has 2 aromatic rings. The second kappa shape index (κ2) is 8.45. The number of amides is 1. The monoisotopic (exact) mass is 328 g/mol. The molecular formula is C19H24N2O3. The number of carbonyl (C=O) groups is 2. The van der Waals surface area contributed by atoms with Crippen molar-refractivity contribution in [2.24, 2.45) is 0 Å². The van der Waals surface area contributed by atoms with Crippen LogP contribution in [0.4, 0.5) is 5.69 Å². The zero-order valence-electron chi connectivity index (χ0n) is 14.2. The number of likely N-dealkylation sites (N-methyl/N-ethyl adjacent to an activating group) is 1. The number of carboxylic acid groups (broad SMARTS) is 1. The fraction of sp³-hybridized carbons (Fsp3) is 0.368. The van der Waals surface area contributed by atoms with Gasteiger partial charge in [0, 0.05) is 11.9 Å². The maximum Gasteiger partial charge on any atom is 0.317 e. The van der Waals surface area contributed by atoms with Crippen LogP contribution in [0.3, 0.4) is 0 Å². The minimum atomic E-state index is -0.913. The smallest absolute Gasteiger partial charge is 0.317 e. The van der Waals surface area contributed by atoms with Crippen LogP contribution in [-0.2, 0) is 9.59 Å². The molecule has 1 N–H and O–H groups in total. The molecular weight excluding hydrogens is 304 g/mol. The predicted octanol–water partition coefficient (Wildman–Crippen LogP) is 2.99. The van der Waals surface area contributed by atoms with E-state index in [0.29, 0.717) is 13.1 Å². The van der Waals surface area contributed by atoms with Gasteiger partial charge >= 0.3 is 5.97 Å². The van der Waals surface area contributed by atoms with E-state index in [9.17, 15) is 9.59 Å². The Hall–Kier alpha value is -2.40. The molecule has 0 aliphatic carbocycles. The van der Waals surface area contributed by atoms with Crippen molar-refractivity contribution >= 4 is 28.3 Å². The van der Waals surface area contributed by atoms with Crippen molar-refractivity contribution in [3.8, 4) is 0 Å². The lowest BCUT2D eigenvalue weighted by Crippen LogP contribution is -2.42. The summed E-state index contributed by atoms with van der Waals surface area (Å²) in [6.07, 6.45) is 0.807. The lowest BCUT2D eigenvalue weighted by Gasteiger charge is -2.26. The van der Waals surface area contributed by atoms with E-state index in [2.05, 4.69) is 0 Å². The zero-order valence-corrected chi connectivity index (χ0v) is 14.2. The number of nitrogens with zero attached hydrogens (tertiary/aromatic N) is 2. The summed E-state index contributed by atoms with van der Waals surface area (Å²) >= 11 is 0. The number of carboxylic acids is 1. The summed E-state index contributed by atoms with van der Waals surface area (Å²) in [5.41, 5.74) is 0.868. The van der Waals surface area contributed by atoms with Gasteiger partial charge in [0.15, 0.2) is 0 Å². The van der Waals surface area contributed by atoms with E-state index in [4.69, 9.17) is 5.11 Å². The van der Waals surface area contributed by atoms with E-state index in [0.717, 1.165) is 22.9 Å². The first-order valence-electron chi connectivity index (χ1n) is 8.29. The van der Waals surface area contributed by atoms with Gasteiger partial charge in [0.05, 0.1) is 18.8 Å². The van der Waals surface area contributed by atoms with Crippen molar-refractivity contribution in [1.29, 1.82) is 0 Å². The number of hydrogen-bond donors (Lipinski definition) is 1. The van der Waals surface area contributed by atoms with Gasteiger partial charge in [0.2, 0.25) is 5.91 Å². The van der Waals surface area contributed by atoms with E-state index in [1.807, 2.05) is 56.3 Å². The largest absolute Gasteiger partial charge is 0.480 e. The molecule has 2 aromatic carbocycles. The van der Waals surface area contributed by atoms with Gasteiger partial charge in [-0.05, 0) is 31.3 Å². The Bertz CT molecular complexity index is 709. The molecule has 0 radical (unpaired) electrons. The van der Waals surface area contributed by atoms with Crippen LogP contribution in [0.25, 0.3) is 10.8 Å². The highest BCUT2D eigenvalue weighted by Gasteiger charge is 2.20. The summed E-state index contributed by atoms with van der Waals surface area (Å²) in [6.45, 7) is 5.03. The predicted molar refractivity (Wildman–Crippen MR) is 96.3 cm³/mol. The number of carbonyl (C=O) groups excluding carboxylic acids is 1. The number of benzene rings is 2. The molecule has 0 unspecified atom stereocenters. The second-order valence-corrected chi connectivity index (χ2v) is 5.74. The fourth-order valence-corrected chi connectivity index (χ4v) is 2.92. The van der Waals surface area contributed by atoms with Crippen molar-refractivity contribution in [2.75, 3.05) is 31.1 Å². The molecule has 128 valence electrons. The number of fused-ring (bicyclic) bond motifs is 1. The van der Waals surface area contributed by atoms with Crippen LogP contribution in [0.2, 0.25) is 0 Å². The van der Waals surface area contributed by atoms with Crippen LogP contribution in [-0.4, -0.2) is 48.1 Å². The third kappa shape index (κ3) is 4.32. The molecule has 0 atom stereocenters. The van der Waals surface area contributed by atoms with E-state index < -0.39 is 5.97 Å². The minimum Gasteiger partial charge on any atom is -0.480 e. The Kier molecular flexibility index (Phi) is 6.32. The van der Waals surface area contributed by atoms with Gasteiger partial charge in [-0.25, -0.2) is 0 Å². The van der Waals surface area contributed by atoms with Gasteiger partial charge in [0.1, 0.15) is 0 Å². The van der Waals surface area contributed by atoms with E-state index in [1.54, 1.807) is 9.80 Å². The van der Waals surface area contributed by atoms with Crippen molar-refractivity contribution in [2.45, 2.75) is 20.3 Å². The summed E-state index contributed by atoms with van der Waals surface area (Å²) in [5, 5.41) is 11.1. The Balaban J connectivity index is 2.26. The molecule has 0 saturated carbocycles. The summed E-state index contributed by atoms with van der Waals surface area (Å²) < 4.78 is 0. The van der Waals surface area contributed by atoms with Crippen LogP contribution < -0.4 is 4.90 Å². The standard InChI is InChI=1S/C19H24N2O3/c1-3-12-20(14-19(23)24)13-18(22)21(4-2)17-11-7-9-15-8-5-6-10-16(15)17/h5-11H,3-4,12-14H2,1-2H3,(H,23,24). The molecule has 0 fully saturated rings. The van der Waals surface area contributed by atoms with Gasteiger partial charge in [-0.3, -0.25) is 14.5 Å². The molecule has 0 spiro atoms. The summed E-state index contributed by atoms with van der Waals surface area (Å²) in [5.74, 6) is -0.993. The van der Waals surface area contributed by atoms with Crippen LogP contribution in [0.1, 0.15) is 20.3 Å². The number of aliphatic carboxylic acids is 1. The molecule has 0 aliphatic rings. The van der Waals surface area contributed by atoms with Crippen LogP contribution in [0.15, 0.2) is 42.5 Å². The molecule has 5 heteroatoms. The number of anilines is 1. The highest BCUT2D eigenvalue weighted by atomic mass is 16.4. The molecule has 0 saturated heterocycles. The Labute approximate surface area is 142 Å². The molecule has 2 rings (SSSR count). The second-order valence-electron chi connectivity index (χ2n) is 5.74. The highest BCUT2D eigenvalue weighted by Crippen LogP contribution is 2.26. The van der Waals surface area contributed by atoms with Gasteiger partial charge in [-0.2, -0.15) is 0 Å². The molecule has 0 bridgehead atoms. The topological polar surface area (TPSA) is 60.9 Å². The van der Waals surface area contributed by atoms with E-state index in [1.165, 1.54) is 0 Å². The molecule has 0 aromatic heterocycles. The van der Waals surface area contributed by atoms with Gasteiger partial charge in [0.25, 0.3) is 0 Å². The average molecular weight is 328 g/mol. The van der Waals surface area contributed by atoms with Crippen LogP contribution >= 0.6 is 0 Å². The lowest BCUT2D eigenvalue weighted by atomic mass is 10.1. The van der Waals surface area contributed by atoms with E-state index in [-0.39, 0.29) is 19.0 Å². The van der Waals surface area contributed by atoms with Crippen molar-refractivity contribution in [3.05, 3.63) is 42.5 Å². The van der Waals surface area contributed by atoms with Gasteiger partial charge < -0.3 is 10.0 Å². The van der Waals surface area contributed by atoms with Gasteiger partial charge in [-0.15, -0.1) is 0 Å². The lowest BCUT2D eigenvalue weighted by molar-refractivity contribution is -0.138. The van der Waals surface area contributed by atoms with Crippen molar-refractivity contribution in [3.63, 3.8) is 0 Å². The van der Waals surface area contributed by atoms with Crippen LogP contribution in [0, 0.1) is 0 Å². The number of rotatable bonds is 8. The van der Waals surface area contributed by atoms with Gasteiger partial charge in [-0.1, -0.05) is 43.3 Å². The fourth-order valence-electron chi connectivity index (χ4n) is 2.92. The minimum absolute atomic E-state index is 0.0800. The maximum absolute atomic E-state index is 12.8. The summed E-state index contributed by atoms with van der Waals surface area (Å²) in [4.78, 5) is 27.2. The Morgan fingerprint density at radius 2 is 1.71 bits per heavy atom. The molecule has 24 heavy (non-hydrogen) atoms. The quantitative estimate of drug-likeness (QED) is 0.809. The molecule has 0 heterocycles.